The summed E-state index contributed by atoms with van der Waals surface area (Å²) in [6.45, 7) is 3.57. The number of piperazine rings is 1. The van der Waals surface area contributed by atoms with Crippen LogP contribution in [0.4, 0.5) is 0 Å². The smallest absolute Gasteiger partial charge is 0.249 e. The van der Waals surface area contributed by atoms with Gasteiger partial charge in [0.2, 0.25) is 17.7 Å². The average Bonchev–Trinajstić information content (AvgIpc) is 2.47. The molecule has 1 aliphatic heterocycles. The first kappa shape index (κ1) is 15.2. The summed E-state index contributed by atoms with van der Waals surface area (Å²) in [6, 6.07) is 9.45. The van der Waals surface area contributed by atoms with Gasteiger partial charge in [0.05, 0.1) is 12.1 Å². The minimum atomic E-state index is -0.826. The van der Waals surface area contributed by atoms with Crippen molar-refractivity contribution in [3.63, 3.8) is 0 Å². The number of carbonyl (C=O) groups excluding carboxylic acids is 3. The number of benzene rings is 1. The normalized spacial score (nSPS) is 17.7. The van der Waals surface area contributed by atoms with Crippen LogP contribution in [0.3, 0.4) is 0 Å². The lowest BCUT2D eigenvalue weighted by Crippen LogP contribution is -2.64. The highest BCUT2D eigenvalue weighted by molar-refractivity contribution is 6.05. The molecule has 112 valence electrons. The summed E-state index contributed by atoms with van der Waals surface area (Å²) < 4.78 is 0. The number of nitrogens with zero attached hydrogens (tertiary/aromatic N) is 1. The summed E-state index contributed by atoms with van der Waals surface area (Å²) in [7, 11) is 0. The van der Waals surface area contributed by atoms with E-state index in [0.717, 1.165) is 10.5 Å². The van der Waals surface area contributed by atoms with Gasteiger partial charge in [-0.05, 0) is 19.4 Å². The van der Waals surface area contributed by atoms with Crippen molar-refractivity contribution in [2.75, 3.05) is 13.1 Å². The fourth-order valence-corrected chi connectivity index (χ4v) is 2.07. The molecule has 3 amide bonds. The van der Waals surface area contributed by atoms with Crippen LogP contribution in [0.1, 0.15) is 19.4 Å². The van der Waals surface area contributed by atoms with Crippen molar-refractivity contribution in [3.05, 3.63) is 35.9 Å². The number of carbonyl (C=O) groups is 3. The molecule has 1 aliphatic rings. The molecular formula is C15H19N3O3. The molecule has 1 fully saturated rings. The van der Waals surface area contributed by atoms with Gasteiger partial charge in [-0.2, -0.15) is 0 Å². The Morgan fingerprint density at radius 1 is 1.29 bits per heavy atom. The number of imide groups is 1. The van der Waals surface area contributed by atoms with E-state index in [1.165, 1.54) is 0 Å². The maximum absolute atomic E-state index is 12.1. The molecule has 0 radical (unpaired) electrons. The maximum Gasteiger partial charge on any atom is 0.249 e. The van der Waals surface area contributed by atoms with Gasteiger partial charge in [0.15, 0.2) is 0 Å². The van der Waals surface area contributed by atoms with E-state index in [2.05, 4.69) is 10.6 Å². The number of hydrogen-bond acceptors (Lipinski definition) is 4. The van der Waals surface area contributed by atoms with Crippen LogP contribution in [-0.2, 0) is 20.9 Å². The first-order valence-corrected chi connectivity index (χ1v) is 6.80. The quantitative estimate of drug-likeness (QED) is 0.767. The van der Waals surface area contributed by atoms with E-state index in [0.29, 0.717) is 6.54 Å². The Kier molecular flexibility index (Phi) is 4.37. The zero-order valence-electron chi connectivity index (χ0n) is 12.2. The SMILES string of the molecule is CC1(C)NCC(=O)N(CC(=O)NCc2ccccc2)C1=O. The van der Waals surface area contributed by atoms with E-state index in [1.54, 1.807) is 13.8 Å². The molecule has 6 heteroatoms. The molecule has 21 heavy (non-hydrogen) atoms. The van der Waals surface area contributed by atoms with Gasteiger partial charge in [0, 0.05) is 6.54 Å². The fraction of sp³-hybridized carbons (Fsp3) is 0.400. The van der Waals surface area contributed by atoms with Crippen molar-refractivity contribution in [1.29, 1.82) is 0 Å². The highest BCUT2D eigenvalue weighted by Gasteiger charge is 2.40. The van der Waals surface area contributed by atoms with Crippen LogP contribution >= 0.6 is 0 Å². The van der Waals surface area contributed by atoms with Crippen LogP contribution in [0, 0.1) is 0 Å². The number of amides is 3. The van der Waals surface area contributed by atoms with Crippen LogP contribution in [0.5, 0.6) is 0 Å². The van der Waals surface area contributed by atoms with Gasteiger partial charge < -0.3 is 5.32 Å². The lowest BCUT2D eigenvalue weighted by atomic mass is 10.0. The largest absolute Gasteiger partial charge is 0.350 e. The fourth-order valence-electron chi connectivity index (χ4n) is 2.07. The third kappa shape index (κ3) is 3.66. The highest BCUT2D eigenvalue weighted by atomic mass is 16.2. The molecule has 1 aromatic rings. The predicted molar refractivity (Wildman–Crippen MR) is 77.1 cm³/mol. The Hall–Kier alpha value is -2.21. The number of rotatable bonds is 4. The monoisotopic (exact) mass is 289 g/mol. The molecule has 2 rings (SSSR count). The molecule has 1 aromatic carbocycles. The molecular weight excluding hydrogens is 270 g/mol. The third-order valence-electron chi connectivity index (χ3n) is 3.40. The summed E-state index contributed by atoms with van der Waals surface area (Å²) in [4.78, 5) is 36.8. The average molecular weight is 289 g/mol. The highest BCUT2D eigenvalue weighted by Crippen LogP contribution is 2.12. The standard InChI is InChI=1S/C15H19N3O3/c1-15(2)14(21)18(13(20)9-17-15)10-12(19)16-8-11-6-4-3-5-7-11/h3-7,17H,8-10H2,1-2H3,(H,16,19). The van der Waals surface area contributed by atoms with Gasteiger partial charge in [-0.25, -0.2) is 0 Å². The van der Waals surface area contributed by atoms with Gasteiger partial charge in [-0.3, -0.25) is 24.6 Å². The van der Waals surface area contributed by atoms with Crippen molar-refractivity contribution in [3.8, 4) is 0 Å². The van der Waals surface area contributed by atoms with Gasteiger partial charge in [0.25, 0.3) is 0 Å². The Morgan fingerprint density at radius 3 is 2.62 bits per heavy atom. The lowest BCUT2D eigenvalue weighted by Gasteiger charge is -2.36. The molecule has 0 atom stereocenters. The topological polar surface area (TPSA) is 78.5 Å². The van der Waals surface area contributed by atoms with E-state index in [4.69, 9.17) is 0 Å². The predicted octanol–water partition coefficient (Wildman–Crippen LogP) is 0.0398. The lowest BCUT2D eigenvalue weighted by molar-refractivity contribution is -0.154. The Morgan fingerprint density at radius 2 is 1.95 bits per heavy atom. The van der Waals surface area contributed by atoms with Gasteiger partial charge in [-0.1, -0.05) is 30.3 Å². The summed E-state index contributed by atoms with van der Waals surface area (Å²) in [5.74, 6) is -1.11. The zero-order valence-corrected chi connectivity index (χ0v) is 12.2. The van der Waals surface area contributed by atoms with Crippen LogP contribution in [0.25, 0.3) is 0 Å². The van der Waals surface area contributed by atoms with Crippen LogP contribution in [-0.4, -0.2) is 41.2 Å². The van der Waals surface area contributed by atoms with E-state index < -0.39 is 5.54 Å². The van der Waals surface area contributed by atoms with Crippen molar-refractivity contribution in [2.45, 2.75) is 25.9 Å². The maximum atomic E-state index is 12.1. The first-order chi connectivity index (χ1) is 9.90. The second kappa shape index (κ2) is 6.05. The van der Waals surface area contributed by atoms with Gasteiger partial charge in [0.1, 0.15) is 6.54 Å². The molecule has 6 nitrogen and oxygen atoms in total. The molecule has 1 saturated heterocycles. The molecule has 0 aromatic heterocycles. The van der Waals surface area contributed by atoms with Gasteiger partial charge >= 0.3 is 0 Å². The second-order valence-corrected chi connectivity index (χ2v) is 5.53. The summed E-state index contributed by atoms with van der Waals surface area (Å²) in [6.07, 6.45) is 0. The molecule has 1 heterocycles. The minimum absolute atomic E-state index is 0.0602. The Balaban J connectivity index is 1.92. The van der Waals surface area contributed by atoms with E-state index in [9.17, 15) is 14.4 Å². The summed E-state index contributed by atoms with van der Waals surface area (Å²) in [5, 5.41) is 5.56. The zero-order chi connectivity index (χ0) is 15.5. The first-order valence-electron chi connectivity index (χ1n) is 6.80. The van der Waals surface area contributed by atoms with Crippen LogP contribution in [0.2, 0.25) is 0 Å². The van der Waals surface area contributed by atoms with Crippen molar-refractivity contribution in [1.82, 2.24) is 15.5 Å². The van der Waals surface area contributed by atoms with Crippen molar-refractivity contribution >= 4 is 17.7 Å². The molecule has 0 saturated carbocycles. The van der Waals surface area contributed by atoms with Crippen molar-refractivity contribution < 1.29 is 14.4 Å². The van der Waals surface area contributed by atoms with E-state index in [-0.39, 0.29) is 30.8 Å². The third-order valence-corrected chi connectivity index (χ3v) is 3.40. The van der Waals surface area contributed by atoms with Crippen molar-refractivity contribution in [2.24, 2.45) is 0 Å². The van der Waals surface area contributed by atoms with E-state index in [1.807, 2.05) is 30.3 Å². The summed E-state index contributed by atoms with van der Waals surface area (Å²) >= 11 is 0. The molecule has 0 spiro atoms. The number of hydrogen-bond donors (Lipinski definition) is 2. The summed E-state index contributed by atoms with van der Waals surface area (Å²) in [5.41, 5.74) is 0.136. The van der Waals surface area contributed by atoms with Crippen LogP contribution < -0.4 is 10.6 Å². The molecule has 0 unspecified atom stereocenters. The van der Waals surface area contributed by atoms with Crippen LogP contribution in [0.15, 0.2) is 30.3 Å². The molecule has 0 aliphatic carbocycles. The number of nitrogens with one attached hydrogen (secondary N) is 2. The van der Waals surface area contributed by atoms with Gasteiger partial charge in [-0.15, -0.1) is 0 Å². The van der Waals surface area contributed by atoms with E-state index >= 15 is 0 Å². The molecule has 0 bridgehead atoms. The minimum Gasteiger partial charge on any atom is -0.350 e. The Labute approximate surface area is 123 Å². The Bertz CT molecular complexity index is 555. The molecule has 2 N–H and O–H groups in total. The second-order valence-electron chi connectivity index (χ2n) is 5.53.